The SMILES string of the molecule is N#C/C(=C/c1ccc(-c2ccc(Cl)cc2[N+](=O)[O-])o1)c1ccccc1F. The van der Waals surface area contributed by atoms with Crippen molar-refractivity contribution in [2.75, 3.05) is 0 Å². The number of nitrogens with zero attached hydrogens (tertiary/aromatic N) is 2. The molecule has 0 aliphatic rings. The van der Waals surface area contributed by atoms with Crippen molar-refractivity contribution in [1.82, 2.24) is 0 Å². The number of hydrogen-bond acceptors (Lipinski definition) is 4. The Kier molecular flexibility index (Phi) is 4.83. The fraction of sp³-hybridized carbons (Fsp3) is 0. The molecule has 0 fully saturated rings. The van der Waals surface area contributed by atoms with Crippen LogP contribution in [0.15, 0.2) is 59.0 Å². The van der Waals surface area contributed by atoms with Crippen molar-refractivity contribution in [3.63, 3.8) is 0 Å². The Hall–Kier alpha value is -3.43. The summed E-state index contributed by atoms with van der Waals surface area (Å²) < 4.78 is 19.5. The van der Waals surface area contributed by atoms with Crippen LogP contribution in [0.4, 0.5) is 10.1 Å². The molecule has 0 saturated carbocycles. The minimum Gasteiger partial charge on any atom is -0.456 e. The predicted molar refractivity (Wildman–Crippen MR) is 95.7 cm³/mol. The van der Waals surface area contributed by atoms with Crippen molar-refractivity contribution in [3.05, 3.63) is 86.9 Å². The van der Waals surface area contributed by atoms with Crippen LogP contribution in [-0.4, -0.2) is 4.92 Å². The average molecular weight is 369 g/mol. The highest BCUT2D eigenvalue weighted by Crippen LogP contribution is 2.34. The highest BCUT2D eigenvalue weighted by molar-refractivity contribution is 6.30. The van der Waals surface area contributed by atoms with Gasteiger partial charge in [-0.15, -0.1) is 0 Å². The number of nitriles is 1. The number of benzene rings is 2. The smallest absolute Gasteiger partial charge is 0.281 e. The van der Waals surface area contributed by atoms with E-state index in [1.165, 1.54) is 42.5 Å². The molecule has 7 heteroatoms. The van der Waals surface area contributed by atoms with E-state index in [0.29, 0.717) is 0 Å². The summed E-state index contributed by atoms with van der Waals surface area (Å²) in [5.41, 5.74) is 0.278. The molecule has 5 nitrogen and oxygen atoms in total. The number of allylic oxidation sites excluding steroid dienone is 1. The summed E-state index contributed by atoms with van der Waals surface area (Å²) in [7, 11) is 0. The zero-order chi connectivity index (χ0) is 18.7. The lowest BCUT2D eigenvalue weighted by atomic mass is 10.1. The summed E-state index contributed by atoms with van der Waals surface area (Å²) in [6, 6.07) is 15.1. The molecule has 0 unspecified atom stereocenters. The molecule has 0 N–H and O–H groups in total. The van der Waals surface area contributed by atoms with Crippen LogP contribution in [0.5, 0.6) is 0 Å². The second-order valence-corrected chi connectivity index (χ2v) is 5.71. The van der Waals surface area contributed by atoms with E-state index in [9.17, 15) is 19.8 Å². The molecule has 0 aliphatic carbocycles. The molecule has 0 spiro atoms. The molecule has 26 heavy (non-hydrogen) atoms. The van der Waals surface area contributed by atoms with Gasteiger partial charge in [0.1, 0.15) is 17.3 Å². The molecule has 0 atom stereocenters. The maximum Gasteiger partial charge on any atom is 0.281 e. The lowest BCUT2D eigenvalue weighted by molar-refractivity contribution is -0.384. The largest absolute Gasteiger partial charge is 0.456 e. The fourth-order valence-corrected chi connectivity index (χ4v) is 2.60. The van der Waals surface area contributed by atoms with Gasteiger partial charge in [-0.3, -0.25) is 10.1 Å². The van der Waals surface area contributed by atoms with E-state index in [4.69, 9.17) is 16.0 Å². The van der Waals surface area contributed by atoms with Gasteiger partial charge in [-0.2, -0.15) is 5.26 Å². The summed E-state index contributed by atoms with van der Waals surface area (Å²) >= 11 is 5.81. The van der Waals surface area contributed by atoms with Gasteiger partial charge in [-0.1, -0.05) is 29.8 Å². The minimum absolute atomic E-state index is 0.0783. The first-order valence-electron chi connectivity index (χ1n) is 7.40. The van der Waals surface area contributed by atoms with Gasteiger partial charge in [0.15, 0.2) is 0 Å². The second-order valence-electron chi connectivity index (χ2n) is 5.27. The number of furan rings is 1. The summed E-state index contributed by atoms with van der Waals surface area (Å²) in [5.74, 6) is -0.0186. The summed E-state index contributed by atoms with van der Waals surface area (Å²) in [6.07, 6.45) is 1.38. The van der Waals surface area contributed by atoms with E-state index in [1.807, 2.05) is 6.07 Å². The fourth-order valence-electron chi connectivity index (χ4n) is 2.43. The van der Waals surface area contributed by atoms with Crippen molar-refractivity contribution in [2.45, 2.75) is 0 Å². The first kappa shape index (κ1) is 17.4. The number of halogens is 2. The monoisotopic (exact) mass is 368 g/mol. The first-order valence-corrected chi connectivity index (χ1v) is 7.78. The Morgan fingerprint density at radius 3 is 2.69 bits per heavy atom. The normalized spacial score (nSPS) is 11.2. The molecular weight excluding hydrogens is 359 g/mol. The molecule has 0 aliphatic heterocycles. The quantitative estimate of drug-likeness (QED) is 0.335. The van der Waals surface area contributed by atoms with Crippen LogP contribution in [-0.2, 0) is 0 Å². The maximum atomic E-state index is 13.9. The van der Waals surface area contributed by atoms with Crippen LogP contribution in [0.25, 0.3) is 23.0 Å². The standard InChI is InChI=1S/C19H10ClFN2O3/c20-13-5-7-16(18(10-13)23(24)25)19-8-6-14(26-19)9-12(11-22)15-3-1-2-4-17(15)21/h1-10H/b12-9-. The predicted octanol–water partition coefficient (Wildman–Crippen LogP) is 5.71. The Morgan fingerprint density at radius 1 is 1.23 bits per heavy atom. The van der Waals surface area contributed by atoms with E-state index in [0.717, 1.165) is 0 Å². The van der Waals surface area contributed by atoms with Crippen molar-refractivity contribution < 1.29 is 13.7 Å². The Balaban J connectivity index is 2.02. The third-order valence-electron chi connectivity index (χ3n) is 3.62. The first-order chi connectivity index (χ1) is 12.5. The number of rotatable bonds is 4. The molecule has 1 aromatic heterocycles. The lowest BCUT2D eigenvalue weighted by Crippen LogP contribution is -1.91. The van der Waals surface area contributed by atoms with Gasteiger partial charge in [-0.05, 0) is 36.4 Å². The number of hydrogen-bond donors (Lipinski definition) is 0. The summed E-state index contributed by atoms with van der Waals surface area (Å²) in [6.45, 7) is 0. The molecule has 0 saturated heterocycles. The van der Waals surface area contributed by atoms with Crippen molar-refractivity contribution in [3.8, 4) is 17.4 Å². The molecule has 128 valence electrons. The van der Waals surface area contributed by atoms with Gasteiger partial charge in [-0.25, -0.2) is 4.39 Å². The van der Waals surface area contributed by atoms with Crippen molar-refractivity contribution in [2.24, 2.45) is 0 Å². The highest BCUT2D eigenvalue weighted by Gasteiger charge is 2.18. The van der Waals surface area contributed by atoms with Crippen LogP contribution in [0, 0.1) is 27.3 Å². The molecule has 3 aromatic rings. The molecule has 1 heterocycles. The maximum absolute atomic E-state index is 13.9. The van der Waals surface area contributed by atoms with Gasteiger partial charge in [0.25, 0.3) is 5.69 Å². The summed E-state index contributed by atoms with van der Waals surface area (Å²) in [4.78, 5) is 10.7. The van der Waals surface area contributed by atoms with Gasteiger partial charge < -0.3 is 4.42 Å². The van der Waals surface area contributed by atoms with E-state index < -0.39 is 10.7 Å². The van der Waals surface area contributed by atoms with Crippen LogP contribution >= 0.6 is 11.6 Å². The Morgan fingerprint density at radius 2 is 2.00 bits per heavy atom. The van der Waals surface area contributed by atoms with E-state index in [2.05, 4.69) is 0 Å². The van der Waals surface area contributed by atoms with E-state index in [1.54, 1.807) is 18.2 Å². The van der Waals surface area contributed by atoms with Crippen LogP contribution in [0.1, 0.15) is 11.3 Å². The van der Waals surface area contributed by atoms with Gasteiger partial charge in [0, 0.05) is 16.7 Å². The molecule has 0 bridgehead atoms. The highest BCUT2D eigenvalue weighted by atomic mass is 35.5. The zero-order valence-corrected chi connectivity index (χ0v) is 13.9. The van der Waals surface area contributed by atoms with Gasteiger partial charge in [0.05, 0.1) is 22.1 Å². The Bertz CT molecular complexity index is 1070. The lowest BCUT2D eigenvalue weighted by Gasteiger charge is -2.01. The third kappa shape index (κ3) is 3.48. The topological polar surface area (TPSA) is 80.1 Å². The van der Waals surface area contributed by atoms with Gasteiger partial charge >= 0.3 is 0 Å². The average Bonchev–Trinajstić information content (AvgIpc) is 3.08. The van der Waals surface area contributed by atoms with Crippen molar-refractivity contribution >= 4 is 28.9 Å². The van der Waals surface area contributed by atoms with Crippen LogP contribution in [0.3, 0.4) is 0 Å². The number of nitro benzene ring substituents is 1. The minimum atomic E-state index is -0.556. The third-order valence-corrected chi connectivity index (χ3v) is 3.85. The zero-order valence-electron chi connectivity index (χ0n) is 13.1. The summed E-state index contributed by atoms with van der Waals surface area (Å²) in [5, 5.41) is 20.7. The molecule has 2 aromatic carbocycles. The Labute approximate surface area is 152 Å². The molecular formula is C19H10ClFN2O3. The van der Waals surface area contributed by atoms with Gasteiger partial charge in [0.2, 0.25) is 0 Å². The number of nitro groups is 1. The molecule has 0 radical (unpaired) electrons. The van der Waals surface area contributed by atoms with Crippen LogP contribution < -0.4 is 0 Å². The second kappa shape index (κ2) is 7.21. The molecule has 3 rings (SSSR count). The van der Waals surface area contributed by atoms with E-state index >= 15 is 0 Å². The van der Waals surface area contributed by atoms with Crippen molar-refractivity contribution in [1.29, 1.82) is 5.26 Å². The van der Waals surface area contributed by atoms with E-state index in [-0.39, 0.29) is 38.9 Å². The van der Waals surface area contributed by atoms with Crippen LogP contribution in [0.2, 0.25) is 5.02 Å². The molecule has 0 amide bonds.